The van der Waals surface area contributed by atoms with Gasteiger partial charge in [0.25, 0.3) is 0 Å². The topological polar surface area (TPSA) is 52.8 Å². The first-order chi connectivity index (χ1) is 10.7. The summed E-state index contributed by atoms with van der Waals surface area (Å²) in [6.07, 6.45) is 1.60. The highest BCUT2D eigenvalue weighted by molar-refractivity contribution is 5.34. The van der Waals surface area contributed by atoms with Gasteiger partial charge in [0.05, 0.1) is 6.54 Å². The lowest BCUT2D eigenvalue weighted by Crippen LogP contribution is -2.03. The summed E-state index contributed by atoms with van der Waals surface area (Å²) in [6.45, 7) is 5.43. The number of benzene rings is 2. The number of tetrazole rings is 1. The van der Waals surface area contributed by atoms with Crippen LogP contribution in [0.5, 0.6) is 5.75 Å². The second-order valence-electron chi connectivity index (χ2n) is 5.31. The molecule has 0 fully saturated rings. The van der Waals surface area contributed by atoms with Crippen molar-refractivity contribution in [2.75, 3.05) is 0 Å². The molecule has 22 heavy (non-hydrogen) atoms. The normalized spacial score (nSPS) is 10.6. The minimum Gasteiger partial charge on any atom is -0.489 e. The van der Waals surface area contributed by atoms with Crippen LogP contribution in [0.25, 0.3) is 0 Å². The van der Waals surface area contributed by atoms with Gasteiger partial charge in [0, 0.05) is 0 Å². The van der Waals surface area contributed by atoms with Crippen molar-refractivity contribution >= 4 is 0 Å². The monoisotopic (exact) mass is 294 g/mol. The van der Waals surface area contributed by atoms with Gasteiger partial charge in [-0.25, -0.2) is 4.68 Å². The Labute approximate surface area is 129 Å². The standard InChI is InChI=1S/C17H18N4O/c1-13-5-3-6-14(2)17(13)11-22-16-8-4-7-15(9-16)10-21-12-18-19-20-21/h3-9,12H,10-11H2,1-2H3. The molecule has 0 radical (unpaired) electrons. The molecule has 112 valence electrons. The Hall–Kier alpha value is -2.69. The highest BCUT2D eigenvalue weighted by atomic mass is 16.5. The molecule has 0 saturated carbocycles. The van der Waals surface area contributed by atoms with Gasteiger partial charge in [-0.3, -0.25) is 0 Å². The lowest BCUT2D eigenvalue weighted by Gasteiger charge is -2.12. The Morgan fingerprint density at radius 3 is 2.55 bits per heavy atom. The minimum absolute atomic E-state index is 0.576. The predicted molar refractivity (Wildman–Crippen MR) is 83.6 cm³/mol. The van der Waals surface area contributed by atoms with Crippen molar-refractivity contribution in [1.29, 1.82) is 0 Å². The van der Waals surface area contributed by atoms with Crippen molar-refractivity contribution in [1.82, 2.24) is 20.2 Å². The molecule has 3 rings (SSSR count). The fourth-order valence-electron chi connectivity index (χ4n) is 2.41. The fraction of sp³-hybridized carbons (Fsp3) is 0.235. The summed E-state index contributed by atoms with van der Waals surface area (Å²) in [7, 11) is 0. The first-order valence-corrected chi connectivity index (χ1v) is 7.20. The molecule has 0 aliphatic heterocycles. The van der Waals surface area contributed by atoms with Crippen molar-refractivity contribution < 1.29 is 4.74 Å². The maximum absolute atomic E-state index is 5.95. The van der Waals surface area contributed by atoms with Crippen LogP contribution in [0, 0.1) is 13.8 Å². The van der Waals surface area contributed by atoms with Gasteiger partial charge in [0.2, 0.25) is 0 Å². The quantitative estimate of drug-likeness (QED) is 0.726. The van der Waals surface area contributed by atoms with E-state index in [4.69, 9.17) is 4.74 Å². The van der Waals surface area contributed by atoms with Crippen molar-refractivity contribution in [2.45, 2.75) is 27.0 Å². The summed E-state index contributed by atoms with van der Waals surface area (Å²) < 4.78 is 7.64. The van der Waals surface area contributed by atoms with Crippen LogP contribution in [-0.4, -0.2) is 20.2 Å². The van der Waals surface area contributed by atoms with E-state index in [9.17, 15) is 0 Å². The van der Waals surface area contributed by atoms with Gasteiger partial charge in [-0.2, -0.15) is 0 Å². The van der Waals surface area contributed by atoms with Gasteiger partial charge in [-0.15, -0.1) is 5.10 Å². The van der Waals surface area contributed by atoms with E-state index < -0.39 is 0 Å². The van der Waals surface area contributed by atoms with Crippen LogP contribution < -0.4 is 4.74 Å². The smallest absolute Gasteiger partial charge is 0.138 e. The molecule has 2 aromatic carbocycles. The third kappa shape index (κ3) is 3.31. The molecule has 0 spiro atoms. The van der Waals surface area contributed by atoms with E-state index in [1.165, 1.54) is 16.7 Å². The molecular weight excluding hydrogens is 276 g/mol. The Bertz CT molecular complexity index is 733. The number of aromatic nitrogens is 4. The van der Waals surface area contributed by atoms with Crippen LogP contribution in [0.4, 0.5) is 0 Å². The molecular formula is C17H18N4O. The van der Waals surface area contributed by atoms with Crippen LogP contribution in [0.1, 0.15) is 22.3 Å². The molecule has 5 nitrogen and oxygen atoms in total. The molecule has 5 heteroatoms. The minimum atomic E-state index is 0.576. The summed E-state index contributed by atoms with van der Waals surface area (Å²) >= 11 is 0. The molecule has 1 heterocycles. The number of nitrogens with zero attached hydrogens (tertiary/aromatic N) is 4. The zero-order valence-electron chi connectivity index (χ0n) is 12.7. The molecule has 0 bridgehead atoms. The Morgan fingerprint density at radius 1 is 1.05 bits per heavy atom. The van der Waals surface area contributed by atoms with Crippen LogP contribution in [0.2, 0.25) is 0 Å². The first-order valence-electron chi connectivity index (χ1n) is 7.20. The Morgan fingerprint density at radius 2 is 1.82 bits per heavy atom. The van der Waals surface area contributed by atoms with E-state index in [1.807, 2.05) is 24.3 Å². The van der Waals surface area contributed by atoms with E-state index >= 15 is 0 Å². The molecule has 0 aliphatic rings. The predicted octanol–water partition coefficient (Wildman–Crippen LogP) is 2.92. The maximum Gasteiger partial charge on any atom is 0.138 e. The van der Waals surface area contributed by atoms with Crippen molar-refractivity contribution in [3.63, 3.8) is 0 Å². The van der Waals surface area contributed by atoms with Gasteiger partial charge in [-0.05, 0) is 58.7 Å². The summed E-state index contributed by atoms with van der Waals surface area (Å²) in [5, 5.41) is 11.1. The lowest BCUT2D eigenvalue weighted by molar-refractivity contribution is 0.304. The third-order valence-corrected chi connectivity index (χ3v) is 3.66. The van der Waals surface area contributed by atoms with E-state index in [-0.39, 0.29) is 0 Å². The van der Waals surface area contributed by atoms with Gasteiger partial charge in [-0.1, -0.05) is 30.3 Å². The van der Waals surface area contributed by atoms with E-state index in [1.54, 1.807) is 11.0 Å². The highest BCUT2D eigenvalue weighted by Crippen LogP contribution is 2.19. The number of hydrogen-bond acceptors (Lipinski definition) is 4. The second kappa shape index (κ2) is 6.39. The summed E-state index contributed by atoms with van der Waals surface area (Å²) in [4.78, 5) is 0. The maximum atomic E-state index is 5.95. The number of ether oxygens (including phenoxy) is 1. The molecule has 0 saturated heterocycles. The zero-order chi connectivity index (χ0) is 15.4. The zero-order valence-corrected chi connectivity index (χ0v) is 12.7. The summed E-state index contributed by atoms with van der Waals surface area (Å²) in [6, 6.07) is 14.3. The largest absolute Gasteiger partial charge is 0.489 e. The van der Waals surface area contributed by atoms with Crippen LogP contribution in [0.3, 0.4) is 0 Å². The van der Waals surface area contributed by atoms with E-state index in [0.29, 0.717) is 13.2 Å². The average molecular weight is 294 g/mol. The Balaban J connectivity index is 1.70. The van der Waals surface area contributed by atoms with Gasteiger partial charge in [0.15, 0.2) is 0 Å². The molecule has 1 aromatic heterocycles. The van der Waals surface area contributed by atoms with Crippen molar-refractivity contribution in [3.05, 3.63) is 71.0 Å². The van der Waals surface area contributed by atoms with Crippen molar-refractivity contribution in [3.8, 4) is 5.75 Å². The average Bonchev–Trinajstić information content (AvgIpc) is 3.00. The number of rotatable bonds is 5. The summed E-state index contributed by atoms with van der Waals surface area (Å²) in [5.41, 5.74) is 4.86. The van der Waals surface area contributed by atoms with E-state index in [0.717, 1.165) is 11.3 Å². The molecule has 0 atom stereocenters. The SMILES string of the molecule is Cc1cccc(C)c1COc1cccc(Cn2cnnn2)c1. The highest BCUT2D eigenvalue weighted by Gasteiger charge is 2.04. The molecule has 0 aliphatic carbocycles. The van der Waals surface area contributed by atoms with Gasteiger partial charge >= 0.3 is 0 Å². The van der Waals surface area contributed by atoms with Gasteiger partial charge in [0.1, 0.15) is 18.7 Å². The fourth-order valence-corrected chi connectivity index (χ4v) is 2.41. The first kappa shape index (κ1) is 14.3. The van der Waals surface area contributed by atoms with Crippen molar-refractivity contribution in [2.24, 2.45) is 0 Å². The van der Waals surface area contributed by atoms with Crippen LogP contribution in [0.15, 0.2) is 48.8 Å². The van der Waals surface area contributed by atoms with Crippen LogP contribution in [-0.2, 0) is 13.2 Å². The van der Waals surface area contributed by atoms with Crippen LogP contribution >= 0.6 is 0 Å². The van der Waals surface area contributed by atoms with E-state index in [2.05, 4.69) is 47.6 Å². The second-order valence-corrected chi connectivity index (χ2v) is 5.31. The van der Waals surface area contributed by atoms with Gasteiger partial charge < -0.3 is 4.74 Å². The lowest BCUT2D eigenvalue weighted by atomic mass is 10.0. The number of hydrogen-bond donors (Lipinski definition) is 0. The molecule has 3 aromatic rings. The Kier molecular flexibility index (Phi) is 4.14. The molecule has 0 N–H and O–H groups in total. The third-order valence-electron chi connectivity index (χ3n) is 3.66. The molecule has 0 unspecified atom stereocenters. The summed E-state index contributed by atoms with van der Waals surface area (Å²) in [5.74, 6) is 0.855. The number of aryl methyl sites for hydroxylation is 2. The molecule has 0 amide bonds.